The molecule has 0 fully saturated rings. The third kappa shape index (κ3) is 3.00. The Bertz CT molecular complexity index is 637. The first-order chi connectivity index (χ1) is 9.63. The average Bonchev–Trinajstić information content (AvgIpc) is 2.85. The third-order valence-corrected chi connectivity index (χ3v) is 5.09. The van der Waals surface area contributed by atoms with Gasteiger partial charge < -0.3 is 5.11 Å². The number of aliphatic hydroxyl groups excluding tert-OH is 1. The molecule has 3 heteroatoms. The lowest BCUT2D eigenvalue weighted by Crippen LogP contribution is -2.03. The fourth-order valence-corrected chi connectivity index (χ4v) is 4.17. The summed E-state index contributed by atoms with van der Waals surface area (Å²) in [6, 6.07) is 12.5. The van der Waals surface area contributed by atoms with Gasteiger partial charge in [0.15, 0.2) is 0 Å². The van der Waals surface area contributed by atoms with Crippen molar-refractivity contribution in [3.63, 3.8) is 0 Å². The number of benzene rings is 2. The first-order valence-electron chi connectivity index (χ1n) is 6.87. The molecule has 2 aromatic rings. The molecule has 0 spiro atoms. The largest absolute Gasteiger partial charge is 0.388 e. The number of hydrogen-bond acceptors (Lipinski definition) is 1. The summed E-state index contributed by atoms with van der Waals surface area (Å²) in [7, 11) is 0. The molecule has 0 aliphatic heterocycles. The van der Waals surface area contributed by atoms with Gasteiger partial charge in [0.2, 0.25) is 0 Å². The van der Waals surface area contributed by atoms with Gasteiger partial charge in [0.25, 0.3) is 0 Å². The van der Waals surface area contributed by atoms with Crippen molar-refractivity contribution in [3.05, 3.63) is 67.6 Å². The minimum atomic E-state index is -0.475. The molecule has 0 aromatic heterocycles. The summed E-state index contributed by atoms with van der Waals surface area (Å²) in [5.41, 5.74) is 5.10. The van der Waals surface area contributed by atoms with E-state index in [0.717, 1.165) is 14.5 Å². The van der Waals surface area contributed by atoms with Crippen molar-refractivity contribution in [2.75, 3.05) is 0 Å². The van der Waals surface area contributed by atoms with Gasteiger partial charge >= 0.3 is 0 Å². The molecule has 0 bridgehead atoms. The van der Waals surface area contributed by atoms with Gasteiger partial charge in [0.05, 0.1) is 6.10 Å². The van der Waals surface area contributed by atoms with Crippen molar-refractivity contribution in [1.82, 2.24) is 0 Å². The van der Waals surface area contributed by atoms with Crippen LogP contribution in [0.2, 0.25) is 0 Å². The van der Waals surface area contributed by atoms with Crippen LogP contribution in [-0.4, -0.2) is 5.11 Å². The van der Waals surface area contributed by atoms with Gasteiger partial charge in [-0.25, -0.2) is 0 Å². The molecular formula is C17H16Br2O. The zero-order valence-corrected chi connectivity index (χ0v) is 14.2. The molecule has 1 unspecified atom stereocenters. The maximum absolute atomic E-state index is 10.4. The lowest BCUT2D eigenvalue weighted by molar-refractivity contribution is 0.177. The molecular weight excluding hydrogens is 380 g/mol. The van der Waals surface area contributed by atoms with Gasteiger partial charge in [-0.3, -0.25) is 0 Å². The molecule has 1 N–H and O–H groups in total. The second kappa shape index (κ2) is 6.00. The van der Waals surface area contributed by atoms with Crippen LogP contribution in [0.4, 0.5) is 0 Å². The Labute approximate surface area is 136 Å². The second-order valence-electron chi connectivity index (χ2n) is 5.34. The highest BCUT2D eigenvalue weighted by atomic mass is 79.9. The van der Waals surface area contributed by atoms with Gasteiger partial charge in [-0.15, -0.1) is 0 Å². The zero-order chi connectivity index (χ0) is 14.1. The van der Waals surface area contributed by atoms with Crippen molar-refractivity contribution in [2.45, 2.75) is 31.8 Å². The SMILES string of the molecule is OC(Cc1ccc2c(c1)CCC2)c1ccc(Br)cc1Br. The van der Waals surface area contributed by atoms with Gasteiger partial charge in [0.1, 0.15) is 0 Å². The topological polar surface area (TPSA) is 20.2 Å². The number of hydrogen-bond donors (Lipinski definition) is 1. The number of aliphatic hydroxyl groups is 1. The first kappa shape index (κ1) is 14.3. The molecule has 104 valence electrons. The Balaban J connectivity index is 1.80. The van der Waals surface area contributed by atoms with Crippen LogP contribution in [0.3, 0.4) is 0 Å². The maximum atomic E-state index is 10.4. The molecule has 0 heterocycles. The molecule has 2 aromatic carbocycles. The zero-order valence-electron chi connectivity index (χ0n) is 11.1. The molecule has 0 amide bonds. The summed E-state index contributed by atoms with van der Waals surface area (Å²) < 4.78 is 1.96. The standard InChI is InChI=1S/C17H16Br2O/c18-14-6-7-15(16(19)10-14)17(20)9-11-4-5-12-2-1-3-13(12)8-11/h4-8,10,17,20H,1-3,9H2. The van der Waals surface area contributed by atoms with Gasteiger partial charge in [-0.05, 0) is 53.6 Å². The van der Waals surface area contributed by atoms with E-state index in [1.165, 1.54) is 36.0 Å². The summed E-state index contributed by atoms with van der Waals surface area (Å²) in [6.07, 6.45) is 3.84. The number of rotatable bonds is 3. The maximum Gasteiger partial charge on any atom is 0.0841 e. The van der Waals surface area contributed by atoms with Gasteiger partial charge in [-0.2, -0.15) is 0 Å². The predicted molar refractivity (Wildman–Crippen MR) is 89.0 cm³/mol. The van der Waals surface area contributed by atoms with Crippen LogP contribution < -0.4 is 0 Å². The van der Waals surface area contributed by atoms with Crippen LogP contribution in [0.25, 0.3) is 0 Å². The molecule has 20 heavy (non-hydrogen) atoms. The fourth-order valence-electron chi connectivity index (χ4n) is 2.86. The molecule has 0 saturated carbocycles. The van der Waals surface area contributed by atoms with Crippen LogP contribution in [-0.2, 0) is 19.3 Å². The van der Waals surface area contributed by atoms with E-state index in [4.69, 9.17) is 0 Å². The minimum absolute atomic E-state index is 0.475. The van der Waals surface area contributed by atoms with E-state index < -0.39 is 6.10 Å². The van der Waals surface area contributed by atoms with Crippen molar-refractivity contribution in [3.8, 4) is 0 Å². The Morgan fingerprint density at radius 1 is 1.00 bits per heavy atom. The highest BCUT2D eigenvalue weighted by Crippen LogP contribution is 2.30. The summed E-state index contributed by atoms with van der Waals surface area (Å²) in [6.45, 7) is 0. The van der Waals surface area contributed by atoms with E-state index in [2.05, 4.69) is 50.1 Å². The Morgan fingerprint density at radius 2 is 1.80 bits per heavy atom. The second-order valence-corrected chi connectivity index (χ2v) is 7.11. The van der Waals surface area contributed by atoms with E-state index in [0.29, 0.717) is 6.42 Å². The monoisotopic (exact) mass is 394 g/mol. The van der Waals surface area contributed by atoms with Crippen molar-refractivity contribution in [2.24, 2.45) is 0 Å². The van der Waals surface area contributed by atoms with Gasteiger partial charge in [-0.1, -0.05) is 56.1 Å². The van der Waals surface area contributed by atoms with Crippen LogP contribution in [0, 0.1) is 0 Å². The van der Waals surface area contributed by atoms with Crippen molar-refractivity contribution >= 4 is 31.9 Å². The quantitative estimate of drug-likeness (QED) is 0.777. The Morgan fingerprint density at radius 3 is 2.60 bits per heavy atom. The van der Waals surface area contributed by atoms with Crippen LogP contribution in [0.5, 0.6) is 0 Å². The average molecular weight is 396 g/mol. The highest BCUT2D eigenvalue weighted by molar-refractivity contribution is 9.11. The number of fused-ring (bicyclic) bond motifs is 1. The van der Waals surface area contributed by atoms with E-state index in [1.807, 2.05) is 18.2 Å². The summed E-state index contributed by atoms with van der Waals surface area (Å²) in [4.78, 5) is 0. The molecule has 0 radical (unpaired) electrons. The minimum Gasteiger partial charge on any atom is -0.388 e. The molecule has 1 nitrogen and oxygen atoms in total. The van der Waals surface area contributed by atoms with E-state index in [-0.39, 0.29) is 0 Å². The molecule has 0 saturated heterocycles. The van der Waals surface area contributed by atoms with Crippen LogP contribution in [0.1, 0.15) is 34.8 Å². The summed E-state index contributed by atoms with van der Waals surface area (Å²) >= 11 is 6.96. The molecule has 1 atom stereocenters. The smallest absolute Gasteiger partial charge is 0.0841 e. The first-order valence-corrected chi connectivity index (χ1v) is 8.46. The predicted octanol–water partition coefficient (Wildman–Crippen LogP) is 4.98. The van der Waals surface area contributed by atoms with Crippen molar-refractivity contribution in [1.29, 1.82) is 0 Å². The van der Waals surface area contributed by atoms with Crippen LogP contribution in [0.15, 0.2) is 45.3 Å². The highest BCUT2D eigenvalue weighted by Gasteiger charge is 2.15. The number of halogens is 2. The van der Waals surface area contributed by atoms with E-state index >= 15 is 0 Å². The molecule has 1 aliphatic rings. The fraction of sp³-hybridized carbons (Fsp3) is 0.294. The van der Waals surface area contributed by atoms with Gasteiger partial charge in [0, 0.05) is 15.4 Å². The molecule has 1 aliphatic carbocycles. The van der Waals surface area contributed by atoms with Crippen molar-refractivity contribution < 1.29 is 5.11 Å². The van der Waals surface area contributed by atoms with Crippen LogP contribution >= 0.6 is 31.9 Å². The summed E-state index contributed by atoms with van der Waals surface area (Å²) in [5, 5.41) is 10.4. The summed E-state index contributed by atoms with van der Waals surface area (Å²) in [5.74, 6) is 0. The lowest BCUT2D eigenvalue weighted by Gasteiger charge is -2.14. The number of aryl methyl sites for hydroxylation is 2. The van der Waals surface area contributed by atoms with E-state index in [9.17, 15) is 5.11 Å². The molecule has 3 rings (SSSR count). The Kier molecular flexibility index (Phi) is 4.29. The lowest BCUT2D eigenvalue weighted by atomic mass is 9.98. The van der Waals surface area contributed by atoms with E-state index in [1.54, 1.807) is 0 Å². The Hall–Kier alpha value is -0.640. The normalized spacial score (nSPS) is 15.2. The third-order valence-electron chi connectivity index (χ3n) is 3.91.